The van der Waals surface area contributed by atoms with Gasteiger partial charge in [-0.05, 0) is 61.6 Å². The second-order valence-electron chi connectivity index (χ2n) is 8.78. The number of carbonyl (C=O) groups is 1. The number of benzene rings is 2. The zero-order chi connectivity index (χ0) is 22.9. The van der Waals surface area contributed by atoms with Crippen LogP contribution in [0, 0.1) is 11.7 Å². The number of halogens is 4. The summed E-state index contributed by atoms with van der Waals surface area (Å²) in [5.74, 6) is -0.651. The number of hydrogen-bond donors (Lipinski definition) is 1. The molecule has 1 N–H and O–H groups in total. The number of hydrazone groups is 1. The molecule has 0 saturated carbocycles. The van der Waals surface area contributed by atoms with Crippen molar-refractivity contribution in [3.05, 3.63) is 63.9 Å². The third kappa shape index (κ3) is 5.63. The molecule has 0 spiro atoms. The summed E-state index contributed by atoms with van der Waals surface area (Å²) in [6.07, 6.45) is 4.06. The summed E-state index contributed by atoms with van der Waals surface area (Å²) < 4.78 is 14.2. The van der Waals surface area contributed by atoms with Crippen LogP contribution in [-0.2, 0) is 4.79 Å². The number of quaternary nitrogens is 1. The van der Waals surface area contributed by atoms with Crippen molar-refractivity contribution in [3.8, 4) is 0 Å². The standard InChI is InChI=1S/C24H27Cl2FN4O.HI/c1-3-19-22(24(32)29-31(2)13-5-4-6-14-31)28-30(21-12-9-17(25)15-20(21)26)23(19)16-7-10-18(27)11-8-16;/h7-12,15,19,23H,3-6,13-14H2,1-2H3;1H/t19-,23-;/m0./s1. The first-order valence-corrected chi connectivity index (χ1v) is 11.8. The number of hydrogen-bond acceptors (Lipinski definition) is 3. The fraction of sp³-hybridized carbons (Fsp3) is 0.417. The summed E-state index contributed by atoms with van der Waals surface area (Å²) in [5.41, 5.74) is 5.20. The minimum Gasteiger partial charge on any atom is -1.00 e. The van der Waals surface area contributed by atoms with E-state index in [2.05, 4.69) is 12.5 Å². The van der Waals surface area contributed by atoms with Gasteiger partial charge in [-0.25, -0.2) is 8.98 Å². The van der Waals surface area contributed by atoms with Crippen LogP contribution in [0.1, 0.15) is 44.2 Å². The minimum atomic E-state index is -0.308. The fourth-order valence-corrected chi connectivity index (χ4v) is 5.23. The van der Waals surface area contributed by atoms with Crippen LogP contribution < -0.4 is 34.4 Å². The summed E-state index contributed by atoms with van der Waals surface area (Å²) in [6, 6.07) is 11.3. The highest BCUT2D eigenvalue weighted by molar-refractivity contribution is 6.40. The Balaban J connectivity index is 0.00000306. The van der Waals surface area contributed by atoms with Crippen LogP contribution >= 0.6 is 23.2 Å². The van der Waals surface area contributed by atoms with Crippen LogP contribution in [0.3, 0.4) is 0 Å². The molecule has 178 valence electrons. The molecule has 5 nitrogen and oxygen atoms in total. The van der Waals surface area contributed by atoms with E-state index in [9.17, 15) is 9.18 Å². The van der Waals surface area contributed by atoms with E-state index in [1.807, 2.05) is 6.92 Å². The van der Waals surface area contributed by atoms with E-state index in [1.54, 1.807) is 35.3 Å². The van der Waals surface area contributed by atoms with Gasteiger partial charge in [-0.1, -0.05) is 42.3 Å². The van der Waals surface area contributed by atoms with E-state index in [-0.39, 0.29) is 47.7 Å². The van der Waals surface area contributed by atoms with Crippen LogP contribution in [0.15, 0.2) is 47.6 Å². The topological polar surface area (TPSA) is 44.7 Å². The number of piperidine rings is 1. The Kier molecular flexibility index (Phi) is 8.64. The van der Waals surface area contributed by atoms with Crippen molar-refractivity contribution >= 4 is 40.5 Å². The van der Waals surface area contributed by atoms with E-state index >= 15 is 0 Å². The fourth-order valence-electron chi connectivity index (χ4n) is 4.73. The molecule has 2 aromatic carbocycles. The molecule has 2 aliphatic heterocycles. The highest BCUT2D eigenvalue weighted by Gasteiger charge is 2.43. The molecule has 9 heteroatoms. The number of amides is 1. The molecule has 2 aliphatic rings. The van der Waals surface area contributed by atoms with Crippen LogP contribution in [0.5, 0.6) is 0 Å². The van der Waals surface area contributed by atoms with Gasteiger partial charge in [0.05, 0.1) is 23.8 Å². The summed E-state index contributed by atoms with van der Waals surface area (Å²) in [4.78, 5) is 13.4. The predicted octanol–water partition coefficient (Wildman–Crippen LogP) is 2.74. The number of likely N-dealkylation sites (tertiary alicyclic amines) is 1. The second-order valence-corrected chi connectivity index (χ2v) is 9.63. The Bertz CT molecular complexity index is 1030. The van der Waals surface area contributed by atoms with Gasteiger partial charge in [-0.15, -0.1) is 0 Å². The molecule has 1 fully saturated rings. The van der Waals surface area contributed by atoms with Crippen molar-refractivity contribution in [2.45, 2.75) is 38.6 Å². The van der Waals surface area contributed by atoms with Crippen molar-refractivity contribution in [3.63, 3.8) is 0 Å². The van der Waals surface area contributed by atoms with Crippen molar-refractivity contribution < 1.29 is 37.8 Å². The average molecular weight is 605 g/mol. The van der Waals surface area contributed by atoms with Crippen LogP contribution in [0.25, 0.3) is 0 Å². The lowest BCUT2D eigenvalue weighted by Crippen LogP contribution is -3.00. The van der Waals surface area contributed by atoms with Gasteiger partial charge in [0, 0.05) is 10.9 Å². The molecule has 2 aromatic rings. The summed E-state index contributed by atoms with van der Waals surface area (Å²) >= 11 is 12.6. The van der Waals surface area contributed by atoms with Gasteiger partial charge < -0.3 is 24.0 Å². The summed E-state index contributed by atoms with van der Waals surface area (Å²) in [7, 11) is 2.05. The van der Waals surface area contributed by atoms with Gasteiger partial charge in [0.15, 0.2) is 0 Å². The highest BCUT2D eigenvalue weighted by atomic mass is 127. The number of nitrogens with zero attached hydrogens (tertiary/aromatic N) is 3. The quantitative estimate of drug-likeness (QED) is 0.421. The zero-order valence-electron chi connectivity index (χ0n) is 18.7. The molecule has 0 aromatic heterocycles. The van der Waals surface area contributed by atoms with E-state index in [1.165, 1.54) is 18.6 Å². The first-order valence-electron chi connectivity index (χ1n) is 11.1. The van der Waals surface area contributed by atoms with Crippen LogP contribution in [0.4, 0.5) is 10.1 Å². The third-order valence-corrected chi connectivity index (χ3v) is 6.96. The van der Waals surface area contributed by atoms with Gasteiger partial charge in [-0.2, -0.15) is 10.5 Å². The lowest BCUT2D eigenvalue weighted by Gasteiger charge is -2.36. The largest absolute Gasteiger partial charge is 1.00 e. The number of nitrogens with one attached hydrogen (secondary N) is 1. The van der Waals surface area contributed by atoms with Crippen molar-refractivity contribution in [1.29, 1.82) is 0 Å². The Morgan fingerprint density at radius 3 is 2.42 bits per heavy atom. The zero-order valence-corrected chi connectivity index (χ0v) is 22.4. The van der Waals surface area contributed by atoms with E-state index in [0.717, 1.165) is 31.5 Å². The molecule has 0 aliphatic carbocycles. The molecule has 1 saturated heterocycles. The molecular formula is C24H28Cl2FIN4O. The first-order chi connectivity index (χ1) is 15.3. The monoisotopic (exact) mass is 604 g/mol. The predicted molar refractivity (Wildman–Crippen MR) is 127 cm³/mol. The Morgan fingerprint density at radius 1 is 1.15 bits per heavy atom. The van der Waals surface area contributed by atoms with Crippen LogP contribution in [0.2, 0.25) is 10.0 Å². The van der Waals surface area contributed by atoms with Gasteiger partial charge in [0.1, 0.15) is 24.6 Å². The molecule has 4 rings (SSSR count). The highest BCUT2D eigenvalue weighted by Crippen LogP contribution is 2.43. The molecule has 0 bridgehead atoms. The van der Waals surface area contributed by atoms with Crippen molar-refractivity contribution in [1.82, 2.24) is 5.43 Å². The lowest BCUT2D eigenvalue weighted by molar-refractivity contribution is -0.947. The summed E-state index contributed by atoms with van der Waals surface area (Å²) in [5, 5.41) is 7.53. The Labute approximate surface area is 221 Å². The maximum absolute atomic E-state index is 13.6. The maximum atomic E-state index is 13.6. The molecule has 33 heavy (non-hydrogen) atoms. The molecule has 0 radical (unpaired) electrons. The number of carbonyl (C=O) groups excluding carboxylic acids is 1. The van der Waals surface area contributed by atoms with Gasteiger partial charge in [0.2, 0.25) is 0 Å². The number of rotatable bonds is 5. The number of anilines is 1. The minimum absolute atomic E-state index is 0. The first kappa shape index (κ1) is 26.2. The summed E-state index contributed by atoms with van der Waals surface area (Å²) in [6.45, 7) is 3.85. The third-order valence-electron chi connectivity index (χ3n) is 6.43. The normalized spacial score (nSPS) is 21.8. The van der Waals surface area contributed by atoms with E-state index in [4.69, 9.17) is 28.3 Å². The maximum Gasteiger partial charge on any atom is 0.312 e. The molecule has 2 atom stereocenters. The van der Waals surface area contributed by atoms with Gasteiger partial charge in [0.25, 0.3) is 0 Å². The van der Waals surface area contributed by atoms with Crippen LogP contribution in [-0.4, -0.2) is 36.3 Å². The van der Waals surface area contributed by atoms with E-state index in [0.29, 0.717) is 32.5 Å². The van der Waals surface area contributed by atoms with Crippen molar-refractivity contribution in [2.75, 3.05) is 25.1 Å². The van der Waals surface area contributed by atoms with Gasteiger partial charge in [-0.3, -0.25) is 9.80 Å². The Morgan fingerprint density at radius 2 is 1.82 bits per heavy atom. The second kappa shape index (κ2) is 10.9. The van der Waals surface area contributed by atoms with Gasteiger partial charge >= 0.3 is 5.91 Å². The van der Waals surface area contributed by atoms with E-state index < -0.39 is 0 Å². The molecule has 1 amide bonds. The SMILES string of the molecule is CC[C@H]1C(C(=O)N[N+]2(C)CCCCC2)=NN(c2ccc(Cl)cc2Cl)[C@H]1c1ccc(F)cc1.[I-]. The molecular weight excluding hydrogens is 577 g/mol. The molecule has 0 unspecified atom stereocenters. The Hall–Kier alpha value is -1.42. The average Bonchev–Trinajstić information content (AvgIpc) is 3.14. The smallest absolute Gasteiger partial charge is 0.312 e. The lowest BCUT2D eigenvalue weighted by atomic mass is 9.87. The van der Waals surface area contributed by atoms with Crippen molar-refractivity contribution in [2.24, 2.45) is 11.0 Å². The molecule has 2 heterocycles.